The molecule has 0 unspecified atom stereocenters. The third kappa shape index (κ3) is 3.22. The molecule has 2 N–H and O–H groups in total. The quantitative estimate of drug-likeness (QED) is 0.449. The molecule has 2 aromatic heterocycles. The van der Waals surface area contributed by atoms with E-state index < -0.39 is 5.41 Å². The number of carbonyl (C=O) groups is 1. The number of hydrogen-bond donors (Lipinski definition) is 2. The molecule has 3 aromatic rings. The Morgan fingerprint density at radius 3 is 2.90 bits per heavy atom. The maximum Gasteiger partial charge on any atom is 0.225 e. The number of hydrogen-bond acceptors (Lipinski definition) is 9. The molecule has 1 aliphatic rings. The molecule has 0 saturated heterocycles. The van der Waals surface area contributed by atoms with Crippen molar-refractivity contribution in [1.29, 1.82) is 5.26 Å². The Labute approximate surface area is 174 Å². The Kier molecular flexibility index (Phi) is 4.72. The fraction of sp³-hybridized carbons (Fsp3) is 0.263. The van der Waals surface area contributed by atoms with Crippen LogP contribution in [0.2, 0.25) is 0 Å². The fourth-order valence-electron chi connectivity index (χ4n) is 3.45. The van der Waals surface area contributed by atoms with E-state index in [0.717, 1.165) is 11.5 Å². The average molecular weight is 425 g/mol. The zero-order valence-corrected chi connectivity index (χ0v) is 17.5. The van der Waals surface area contributed by atoms with Gasteiger partial charge in [0.05, 0.1) is 11.1 Å². The van der Waals surface area contributed by atoms with Crippen LogP contribution >= 0.6 is 23.3 Å². The molecular formula is C19H16N6O2S2. The number of amides is 1. The molecule has 3 heterocycles. The highest BCUT2D eigenvalue weighted by Crippen LogP contribution is 2.47. The second-order valence-corrected chi connectivity index (χ2v) is 8.71. The van der Waals surface area contributed by atoms with E-state index in [9.17, 15) is 15.2 Å². The van der Waals surface area contributed by atoms with Crippen molar-refractivity contribution < 1.29 is 9.90 Å². The van der Waals surface area contributed by atoms with Gasteiger partial charge in [-0.3, -0.25) is 4.79 Å². The summed E-state index contributed by atoms with van der Waals surface area (Å²) in [5, 5.41) is 33.0. The molecule has 0 fully saturated rings. The molecule has 0 atom stereocenters. The lowest BCUT2D eigenvalue weighted by molar-refractivity contribution is -0.117. The number of anilines is 1. The van der Waals surface area contributed by atoms with Crippen molar-refractivity contribution in [3.63, 3.8) is 0 Å². The Bertz CT molecular complexity index is 1230. The number of phenols is 1. The number of carbonyl (C=O) groups excluding carboxylic acids is 1. The minimum atomic E-state index is -0.524. The van der Waals surface area contributed by atoms with Gasteiger partial charge in [-0.05, 0) is 29.9 Å². The zero-order valence-electron chi connectivity index (χ0n) is 15.8. The van der Waals surface area contributed by atoms with Gasteiger partial charge >= 0.3 is 0 Å². The summed E-state index contributed by atoms with van der Waals surface area (Å²) in [6.07, 6.45) is 3.76. The van der Waals surface area contributed by atoms with Crippen molar-refractivity contribution >= 4 is 56.5 Å². The number of benzene rings is 1. The predicted molar refractivity (Wildman–Crippen MR) is 112 cm³/mol. The summed E-state index contributed by atoms with van der Waals surface area (Å²) in [4.78, 5) is 16.4. The summed E-state index contributed by atoms with van der Waals surface area (Å²) in [7, 11) is 0. The Morgan fingerprint density at radius 2 is 2.17 bits per heavy atom. The number of nitrogens with zero attached hydrogens (tertiary/aromatic N) is 5. The molecular weight excluding hydrogens is 408 g/mol. The highest BCUT2D eigenvalue weighted by atomic mass is 32.2. The SMILES string of the molecule is CSc1ncc2c(N=Nc3ccc(O)c4c3NC(=O)CC4(C)C)snc2c1C#N. The van der Waals surface area contributed by atoms with Crippen molar-refractivity contribution in [2.75, 3.05) is 11.6 Å². The van der Waals surface area contributed by atoms with Crippen LogP contribution in [0.15, 0.2) is 33.6 Å². The minimum Gasteiger partial charge on any atom is -0.508 e. The van der Waals surface area contributed by atoms with Gasteiger partial charge in [-0.1, -0.05) is 13.8 Å². The van der Waals surface area contributed by atoms with Crippen LogP contribution in [0.25, 0.3) is 10.9 Å². The molecule has 4 rings (SSSR count). The Morgan fingerprint density at radius 1 is 1.38 bits per heavy atom. The molecule has 0 bridgehead atoms. The van der Waals surface area contributed by atoms with E-state index in [4.69, 9.17) is 0 Å². The van der Waals surface area contributed by atoms with Gasteiger partial charge in [0.25, 0.3) is 0 Å². The van der Waals surface area contributed by atoms with Crippen molar-refractivity contribution in [2.24, 2.45) is 10.2 Å². The van der Waals surface area contributed by atoms with Crippen LogP contribution in [0.3, 0.4) is 0 Å². The van der Waals surface area contributed by atoms with Crippen LogP contribution < -0.4 is 5.32 Å². The van der Waals surface area contributed by atoms with Crippen molar-refractivity contribution in [3.8, 4) is 11.8 Å². The van der Waals surface area contributed by atoms with Crippen LogP contribution in [0.5, 0.6) is 5.75 Å². The van der Waals surface area contributed by atoms with Gasteiger partial charge in [0.2, 0.25) is 5.91 Å². The third-order valence-corrected chi connectivity index (χ3v) is 6.17. The summed E-state index contributed by atoms with van der Waals surface area (Å²) < 4.78 is 4.35. The van der Waals surface area contributed by atoms with E-state index in [0.29, 0.717) is 43.4 Å². The molecule has 0 spiro atoms. The van der Waals surface area contributed by atoms with Crippen molar-refractivity contribution in [1.82, 2.24) is 9.36 Å². The third-order valence-electron chi connectivity index (χ3n) is 4.73. The summed E-state index contributed by atoms with van der Waals surface area (Å²) in [5.41, 5.74) is 1.99. The molecule has 1 aliphatic heterocycles. The van der Waals surface area contributed by atoms with Gasteiger partial charge in [0.15, 0.2) is 5.00 Å². The largest absolute Gasteiger partial charge is 0.508 e. The average Bonchev–Trinajstić information content (AvgIpc) is 3.08. The molecule has 8 nitrogen and oxygen atoms in total. The minimum absolute atomic E-state index is 0.111. The first-order valence-corrected chi connectivity index (χ1v) is 10.7. The predicted octanol–water partition coefficient (Wildman–Crippen LogP) is 5.03. The van der Waals surface area contributed by atoms with Gasteiger partial charge in [-0.2, -0.15) is 9.64 Å². The second-order valence-electron chi connectivity index (χ2n) is 7.17. The summed E-state index contributed by atoms with van der Waals surface area (Å²) in [6, 6.07) is 5.31. The summed E-state index contributed by atoms with van der Waals surface area (Å²) in [6.45, 7) is 3.81. The topological polar surface area (TPSA) is 124 Å². The number of thioether (sulfide) groups is 1. The standard InChI is InChI=1S/C19H16N6O2S2/c1-19(2)6-13(27)22-16-11(4-5-12(26)14(16)19)23-24-18-10-8-21-17(28-3)9(7-20)15(10)25-29-18/h4-5,8,26H,6H2,1-3H3,(H,22,27). The highest BCUT2D eigenvalue weighted by Gasteiger charge is 2.36. The number of nitrogens with one attached hydrogen (secondary N) is 1. The zero-order chi connectivity index (χ0) is 20.8. The lowest BCUT2D eigenvalue weighted by Crippen LogP contribution is -2.32. The van der Waals surface area contributed by atoms with E-state index >= 15 is 0 Å². The second kappa shape index (κ2) is 7.09. The molecule has 1 aromatic carbocycles. The normalized spacial score (nSPS) is 15.3. The van der Waals surface area contributed by atoms with Crippen molar-refractivity contribution in [2.45, 2.75) is 30.7 Å². The van der Waals surface area contributed by atoms with Crippen LogP contribution in [0.4, 0.5) is 16.4 Å². The van der Waals surface area contributed by atoms with Crippen LogP contribution in [-0.4, -0.2) is 26.6 Å². The molecule has 10 heteroatoms. The Hall–Kier alpha value is -3.03. The molecule has 0 aliphatic carbocycles. The molecule has 0 radical (unpaired) electrons. The maximum atomic E-state index is 12.1. The summed E-state index contributed by atoms with van der Waals surface area (Å²) in [5.74, 6) is -0.0279. The number of pyridine rings is 1. The molecule has 146 valence electrons. The first kappa shape index (κ1) is 19.3. The van der Waals surface area contributed by atoms with Gasteiger partial charge in [0.1, 0.15) is 33.6 Å². The number of phenolic OH excluding ortho intramolecular Hbond substituents is 1. The van der Waals surface area contributed by atoms with Crippen LogP contribution in [0, 0.1) is 11.3 Å². The van der Waals surface area contributed by atoms with E-state index in [-0.39, 0.29) is 18.1 Å². The number of azo groups is 1. The van der Waals surface area contributed by atoms with Gasteiger partial charge < -0.3 is 10.4 Å². The smallest absolute Gasteiger partial charge is 0.225 e. The van der Waals surface area contributed by atoms with Gasteiger partial charge in [0, 0.05) is 23.6 Å². The lowest BCUT2D eigenvalue weighted by atomic mass is 9.77. The van der Waals surface area contributed by atoms with E-state index in [2.05, 4.69) is 31.0 Å². The maximum absolute atomic E-state index is 12.1. The first-order valence-electron chi connectivity index (χ1n) is 8.66. The molecule has 29 heavy (non-hydrogen) atoms. The highest BCUT2D eigenvalue weighted by molar-refractivity contribution is 7.98. The number of nitriles is 1. The van der Waals surface area contributed by atoms with Crippen LogP contribution in [-0.2, 0) is 10.2 Å². The Balaban J connectivity index is 1.80. The van der Waals surface area contributed by atoms with Crippen LogP contribution in [0.1, 0.15) is 31.4 Å². The monoisotopic (exact) mass is 424 g/mol. The van der Waals surface area contributed by atoms with E-state index in [1.807, 2.05) is 20.1 Å². The first-order chi connectivity index (χ1) is 13.9. The van der Waals surface area contributed by atoms with Gasteiger partial charge in [-0.25, -0.2) is 4.98 Å². The number of rotatable bonds is 3. The number of aromatic nitrogens is 2. The molecule has 0 saturated carbocycles. The lowest BCUT2D eigenvalue weighted by Gasteiger charge is -2.33. The van der Waals surface area contributed by atoms with E-state index in [1.54, 1.807) is 18.3 Å². The van der Waals surface area contributed by atoms with Crippen molar-refractivity contribution in [3.05, 3.63) is 29.5 Å². The fourth-order valence-corrected chi connectivity index (χ4v) is 4.65. The van der Waals surface area contributed by atoms with E-state index in [1.165, 1.54) is 11.8 Å². The number of aromatic hydroxyl groups is 1. The number of fused-ring (bicyclic) bond motifs is 2. The van der Waals surface area contributed by atoms with Gasteiger partial charge in [-0.15, -0.1) is 22.0 Å². The summed E-state index contributed by atoms with van der Waals surface area (Å²) >= 11 is 2.51. The molecule has 1 amide bonds.